The summed E-state index contributed by atoms with van der Waals surface area (Å²) in [6.45, 7) is 4.64. The summed E-state index contributed by atoms with van der Waals surface area (Å²) in [6, 6.07) is 27.5. The Kier molecular flexibility index (Phi) is 10.8. The van der Waals surface area contributed by atoms with Gasteiger partial charge < -0.3 is 20.2 Å². The lowest BCUT2D eigenvalue weighted by Gasteiger charge is -2.37. The van der Waals surface area contributed by atoms with E-state index in [0.29, 0.717) is 24.0 Å². The molecule has 4 rings (SSSR count). The van der Waals surface area contributed by atoms with Crippen LogP contribution in [-0.2, 0) is 10.2 Å². The van der Waals surface area contributed by atoms with Crippen LogP contribution < -0.4 is 0 Å². The summed E-state index contributed by atoms with van der Waals surface area (Å²) in [6.07, 6.45) is 3.17. The topological polar surface area (TPSA) is 81.0 Å². The summed E-state index contributed by atoms with van der Waals surface area (Å²) in [7, 11) is 0. The lowest BCUT2D eigenvalue weighted by atomic mass is 9.76. The van der Waals surface area contributed by atoms with Crippen molar-refractivity contribution in [2.24, 2.45) is 5.92 Å². The number of halogens is 1. The van der Waals surface area contributed by atoms with E-state index in [-0.39, 0.29) is 18.8 Å². The number of carboxylic acids is 1. The van der Waals surface area contributed by atoms with E-state index >= 15 is 0 Å². The number of phenols is 1. The molecule has 1 aliphatic heterocycles. The standard InChI is InChI=1S/C32H39NO4.ClH/c1-32(31(36)37,27-11-6-3-7-12-27)23-29(35)13-8-20-33-21-18-26(19-22-33)30(24-9-4-2-5-10-24)25-14-16-28(34)17-15-25;/h2-7,9-12,14-17,26,29-30,34-35H,8,13,18-23H2,1H3,(H,36,37);1H. The van der Waals surface area contributed by atoms with Crippen molar-refractivity contribution in [3.63, 3.8) is 0 Å². The Balaban J connectivity index is 0.00000400. The molecule has 0 amide bonds. The molecule has 0 aromatic heterocycles. The van der Waals surface area contributed by atoms with E-state index in [2.05, 4.69) is 29.2 Å². The zero-order valence-corrected chi connectivity index (χ0v) is 22.9. The molecule has 1 saturated heterocycles. The Morgan fingerprint density at radius 1 is 0.921 bits per heavy atom. The third-order valence-electron chi connectivity index (χ3n) is 8.05. The number of aliphatic carboxylic acids is 1. The smallest absolute Gasteiger partial charge is 0.313 e. The molecule has 3 N–H and O–H groups in total. The molecular formula is C32H40ClNO4. The van der Waals surface area contributed by atoms with Gasteiger partial charge in [0, 0.05) is 5.92 Å². The van der Waals surface area contributed by atoms with Crippen molar-refractivity contribution in [3.05, 3.63) is 102 Å². The molecule has 0 radical (unpaired) electrons. The van der Waals surface area contributed by atoms with E-state index < -0.39 is 17.5 Å². The Morgan fingerprint density at radius 2 is 1.47 bits per heavy atom. The van der Waals surface area contributed by atoms with Gasteiger partial charge in [0.25, 0.3) is 0 Å². The van der Waals surface area contributed by atoms with Crippen molar-refractivity contribution < 1.29 is 20.1 Å². The number of hydrogen-bond donors (Lipinski definition) is 3. The maximum Gasteiger partial charge on any atom is 0.313 e. The molecule has 0 aliphatic carbocycles. The average Bonchev–Trinajstić information content (AvgIpc) is 2.92. The maximum atomic E-state index is 12.1. The predicted octanol–water partition coefficient (Wildman–Crippen LogP) is 6.23. The summed E-state index contributed by atoms with van der Waals surface area (Å²) >= 11 is 0. The molecule has 0 spiro atoms. The number of aliphatic hydroxyl groups is 1. The summed E-state index contributed by atoms with van der Waals surface area (Å²) in [4.78, 5) is 14.5. The van der Waals surface area contributed by atoms with Gasteiger partial charge in [0.2, 0.25) is 0 Å². The van der Waals surface area contributed by atoms with E-state index in [9.17, 15) is 20.1 Å². The van der Waals surface area contributed by atoms with Gasteiger partial charge in [0.15, 0.2) is 0 Å². The molecule has 38 heavy (non-hydrogen) atoms. The Morgan fingerprint density at radius 3 is 2.05 bits per heavy atom. The fourth-order valence-electron chi connectivity index (χ4n) is 5.85. The first kappa shape index (κ1) is 29.7. The third kappa shape index (κ3) is 7.37. The van der Waals surface area contributed by atoms with Gasteiger partial charge in [-0.15, -0.1) is 12.4 Å². The molecule has 3 aromatic carbocycles. The fourth-order valence-corrected chi connectivity index (χ4v) is 5.85. The van der Waals surface area contributed by atoms with Crippen molar-refractivity contribution >= 4 is 18.4 Å². The fraction of sp³-hybridized carbons (Fsp3) is 0.406. The second kappa shape index (κ2) is 13.8. The van der Waals surface area contributed by atoms with Crippen LogP contribution in [0.1, 0.15) is 61.6 Å². The van der Waals surface area contributed by atoms with Crippen LogP contribution in [0.4, 0.5) is 0 Å². The van der Waals surface area contributed by atoms with Gasteiger partial charge in [-0.2, -0.15) is 0 Å². The zero-order valence-electron chi connectivity index (χ0n) is 22.1. The van der Waals surface area contributed by atoms with Gasteiger partial charge in [-0.25, -0.2) is 0 Å². The lowest BCUT2D eigenvalue weighted by molar-refractivity contribution is -0.144. The number of aromatic hydroxyl groups is 1. The van der Waals surface area contributed by atoms with Gasteiger partial charge >= 0.3 is 5.97 Å². The van der Waals surface area contributed by atoms with Crippen molar-refractivity contribution in [1.82, 2.24) is 4.90 Å². The van der Waals surface area contributed by atoms with E-state index in [1.54, 1.807) is 19.1 Å². The van der Waals surface area contributed by atoms with E-state index in [4.69, 9.17) is 0 Å². The van der Waals surface area contributed by atoms with Gasteiger partial charge in [0.05, 0.1) is 11.5 Å². The molecule has 204 valence electrons. The van der Waals surface area contributed by atoms with Gasteiger partial charge in [-0.3, -0.25) is 4.79 Å². The van der Waals surface area contributed by atoms with Crippen LogP contribution in [-0.4, -0.2) is 51.9 Å². The Bertz CT molecular complexity index is 1120. The number of likely N-dealkylation sites (tertiary alicyclic amines) is 1. The van der Waals surface area contributed by atoms with Crippen LogP contribution in [0.25, 0.3) is 0 Å². The molecule has 6 heteroatoms. The van der Waals surface area contributed by atoms with Crippen molar-refractivity contribution in [1.29, 1.82) is 0 Å². The van der Waals surface area contributed by atoms with Crippen LogP contribution >= 0.6 is 12.4 Å². The molecule has 3 atom stereocenters. The minimum absolute atomic E-state index is 0. The highest BCUT2D eigenvalue weighted by molar-refractivity contribution is 5.85. The molecule has 3 unspecified atom stereocenters. The van der Waals surface area contributed by atoms with Crippen LogP contribution in [0.5, 0.6) is 5.75 Å². The quantitative estimate of drug-likeness (QED) is 0.270. The molecule has 1 heterocycles. The van der Waals surface area contributed by atoms with Crippen LogP contribution in [0.2, 0.25) is 0 Å². The molecule has 1 aliphatic rings. The first-order chi connectivity index (χ1) is 17.9. The van der Waals surface area contributed by atoms with E-state index in [1.807, 2.05) is 48.5 Å². The van der Waals surface area contributed by atoms with Crippen LogP contribution in [0, 0.1) is 5.92 Å². The first-order valence-electron chi connectivity index (χ1n) is 13.4. The van der Waals surface area contributed by atoms with Crippen molar-refractivity contribution in [3.8, 4) is 5.75 Å². The SMILES string of the molecule is CC(CC(O)CCCN1CCC(C(c2ccccc2)c2ccc(O)cc2)CC1)(C(=O)O)c1ccccc1.Cl. The average molecular weight is 538 g/mol. The van der Waals surface area contributed by atoms with E-state index in [0.717, 1.165) is 44.5 Å². The number of phenolic OH excluding ortho intramolecular Hbond substituents is 1. The monoisotopic (exact) mass is 537 g/mol. The number of hydrogen-bond acceptors (Lipinski definition) is 4. The highest BCUT2D eigenvalue weighted by Crippen LogP contribution is 2.38. The molecule has 3 aromatic rings. The number of benzene rings is 3. The molecule has 0 bridgehead atoms. The number of carbonyl (C=O) groups is 1. The molecular weight excluding hydrogens is 498 g/mol. The summed E-state index contributed by atoms with van der Waals surface area (Å²) in [5.41, 5.74) is 2.19. The molecule has 1 fully saturated rings. The minimum atomic E-state index is -1.10. The summed E-state index contributed by atoms with van der Waals surface area (Å²) in [5.74, 6) is 0.217. The lowest BCUT2D eigenvalue weighted by Crippen LogP contribution is -2.38. The first-order valence-corrected chi connectivity index (χ1v) is 13.4. The second-order valence-electron chi connectivity index (χ2n) is 10.7. The van der Waals surface area contributed by atoms with Gasteiger partial charge in [0.1, 0.15) is 5.75 Å². The molecule has 5 nitrogen and oxygen atoms in total. The maximum absolute atomic E-state index is 12.1. The van der Waals surface area contributed by atoms with Gasteiger partial charge in [-0.1, -0.05) is 72.8 Å². The Labute approximate surface area is 232 Å². The highest BCUT2D eigenvalue weighted by Gasteiger charge is 2.37. The molecule has 0 saturated carbocycles. The number of aliphatic hydroxyl groups excluding tert-OH is 1. The van der Waals surface area contributed by atoms with Crippen molar-refractivity contribution in [2.45, 2.75) is 56.5 Å². The van der Waals surface area contributed by atoms with Gasteiger partial charge in [-0.05, 0) is 93.4 Å². The van der Waals surface area contributed by atoms with Crippen LogP contribution in [0.15, 0.2) is 84.9 Å². The number of rotatable bonds is 11. The largest absolute Gasteiger partial charge is 0.508 e. The predicted molar refractivity (Wildman–Crippen MR) is 154 cm³/mol. The van der Waals surface area contributed by atoms with E-state index in [1.165, 1.54) is 11.1 Å². The van der Waals surface area contributed by atoms with Crippen molar-refractivity contribution in [2.75, 3.05) is 19.6 Å². The summed E-state index contributed by atoms with van der Waals surface area (Å²) in [5, 5.41) is 30.4. The second-order valence-corrected chi connectivity index (χ2v) is 10.7. The normalized spacial score (nSPS) is 17.6. The number of carboxylic acid groups (broad SMARTS) is 1. The minimum Gasteiger partial charge on any atom is -0.508 e. The summed E-state index contributed by atoms with van der Waals surface area (Å²) < 4.78 is 0. The van der Waals surface area contributed by atoms with Crippen LogP contribution in [0.3, 0.4) is 0 Å². The Hall–Kier alpha value is -2.86. The number of nitrogens with zero attached hydrogens (tertiary/aromatic N) is 1. The number of piperidine rings is 1. The third-order valence-corrected chi connectivity index (χ3v) is 8.05. The zero-order chi connectivity index (χ0) is 26.3. The highest BCUT2D eigenvalue weighted by atomic mass is 35.5.